The molecule has 1 N–H and O–H groups in total. The lowest BCUT2D eigenvalue weighted by Crippen LogP contribution is -2.19. The Morgan fingerprint density at radius 2 is 2.47 bits per heavy atom. The van der Waals surface area contributed by atoms with Crippen LogP contribution < -0.4 is 5.32 Å². The Labute approximate surface area is 102 Å². The zero-order chi connectivity index (χ0) is 10.5. The van der Waals surface area contributed by atoms with Crippen LogP contribution in [0.5, 0.6) is 0 Å². The molecular formula is C10H12IN3O. The van der Waals surface area contributed by atoms with Gasteiger partial charge in [-0.05, 0) is 34.7 Å². The van der Waals surface area contributed by atoms with Crippen LogP contribution in [0, 0.1) is 3.57 Å². The van der Waals surface area contributed by atoms with Gasteiger partial charge in [0.15, 0.2) is 0 Å². The SMILES string of the molecule is Ic1cnn(CCNCc2ccco2)c1. The monoisotopic (exact) mass is 317 g/mol. The van der Waals surface area contributed by atoms with Crippen molar-refractivity contribution in [3.8, 4) is 0 Å². The average Bonchev–Trinajstić information content (AvgIpc) is 2.84. The van der Waals surface area contributed by atoms with Crippen LogP contribution in [0.25, 0.3) is 0 Å². The van der Waals surface area contributed by atoms with Gasteiger partial charge in [-0.1, -0.05) is 0 Å². The van der Waals surface area contributed by atoms with Crippen molar-refractivity contribution in [2.75, 3.05) is 6.54 Å². The standard InChI is InChI=1S/C10H12IN3O/c11-9-6-13-14(8-9)4-3-12-7-10-2-1-5-15-10/h1-2,5-6,8,12H,3-4,7H2. The molecular weight excluding hydrogens is 305 g/mol. The topological polar surface area (TPSA) is 43.0 Å². The predicted molar refractivity (Wildman–Crippen MR) is 65.4 cm³/mol. The third-order valence-electron chi connectivity index (χ3n) is 2.00. The first-order valence-corrected chi connectivity index (χ1v) is 5.83. The van der Waals surface area contributed by atoms with E-state index in [9.17, 15) is 0 Å². The number of nitrogens with zero attached hydrogens (tertiary/aromatic N) is 2. The molecule has 0 spiro atoms. The minimum atomic E-state index is 0.769. The second-order valence-electron chi connectivity index (χ2n) is 3.18. The van der Waals surface area contributed by atoms with Gasteiger partial charge in [0.05, 0.1) is 29.1 Å². The summed E-state index contributed by atoms with van der Waals surface area (Å²) in [5, 5.41) is 7.48. The van der Waals surface area contributed by atoms with E-state index in [0.29, 0.717) is 0 Å². The number of aromatic nitrogens is 2. The van der Waals surface area contributed by atoms with Crippen molar-refractivity contribution in [3.63, 3.8) is 0 Å². The summed E-state index contributed by atoms with van der Waals surface area (Å²) in [6, 6.07) is 3.86. The molecule has 0 atom stereocenters. The molecule has 2 heterocycles. The van der Waals surface area contributed by atoms with Gasteiger partial charge in [0, 0.05) is 12.7 Å². The molecule has 0 aliphatic heterocycles. The Hall–Kier alpha value is -0.820. The second kappa shape index (κ2) is 5.32. The lowest BCUT2D eigenvalue weighted by molar-refractivity contribution is 0.470. The third-order valence-corrected chi connectivity index (χ3v) is 2.56. The summed E-state index contributed by atoms with van der Waals surface area (Å²) in [5.74, 6) is 0.963. The van der Waals surface area contributed by atoms with Crippen molar-refractivity contribution in [3.05, 3.63) is 40.1 Å². The zero-order valence-electron chi connectivity index (χ0n) is 8.19. The molecule has 0 aromatic carbocycles. The maximum absolute atomic E-state index is 5.20. The molecule has 2 aromatic rings. The Bertz CT molecular complexity index is 396. The highest BCUT2D eigenvalue weighted by atomic mass is 127. The fourth-order valence-electron chi connectivity index (χ4n) is 1.28. The highest BCUT2D eigenvalue weighted by Gasteiger charge is 1.96. The quantitative estimate of drug-likeness (QED) is 0.676. The number of rotatable bonds is 5. The van der Waals surface area contributed by atoms with Crippen molar-refractivity contribution in [1.29, 1.82) is 0 Å². The Balaban J connectivity index is 1.67. The predicted octanol–water partition coefficient (Wildman–Crippen LogP) is 1.87. The van der Waals surface area contributed by atoms with E-state index >= 15 is 0 Å². The Morgan fingerprint density at radius 3 is 3.13 bits per heavy atom. The molecule has 4 nitrogen and oxygen atoms in total. The summed E-state index contributed by atoms with van der Waals surface area (Å²) in [7, 11) is 0. The van der Waals surface area contributed by atoms with Gasteiger partial charge in [-0.25, -0.2) is 0 Å². The maximum Gasteiger partial charge on any atom is 0.117 e. The Kier molecular flexibility index (Phi) is 3.79. The number of furan rings is 1. The van der Waals surface area contributed by atoms with Crippen LogP contribution in [0.3, 0.4) is 0 Å². The molecule has 0 amide bonds. The van der Waals surface area contributed by atoms with E-state index in [1.165, 1.54) is 3.57 Å². The first-order chi connectivity index (χ1) is 7.34. The fraction of sp³-hybridized carbons (Fsp3) is 0.300. The minimum Gasteiger partial charge on any atom is -0.468 e. The molecule has 0 aliphatic carbocycles. The van der Waals surface area contributed by atoms with Crippen molar-refractivity contribution >= 4 is 22.6 Å². The maximum atomic E-state index is 5.20. The van der Waals surface area contributed by atoms with Gasteiger partial charge in [-0.3, -0.25) is 4.68 Å². The molecule has 0 saturated heterocycles. The lowest BCUT2D eigenvalue weighted by Gasteiger charge is -2.02. The second-order valence-corrected chi connectivity index (χ2v) is 4.42. The summed E-state index contributed by atoms with van der Waals surface area (Å²) in [4.78, 5) is 0. The van der Waals surface area contributed by atoms with Crippen LogP contribution in [-0.4, -0.2) is 16.3 Å². The van der Waals surface area contributed by atoms with Gasteiger partial charge in [-0.15, -0.1) is 0 Å². The molecule has 0 unspecified atom stereocenters. The van der Waals surface area contributed by atoms with Crippen LogP contribution in [0.4, 0.5) is 0 Å². The van der Waals surface area contributed by atoms with Gasteiger partial charge >= 0.3 is 0 Å². The first kappa shape index (κ1) is 10.7. The normalized spacial score (nSPS) is 10.7. The summed E-state index contributed by atoms with van der Waals surface area (Å²) in [6.07, 6.45) is 5.56. The molecule has 0 saturated carbocycles. The minimum absolute atomic E-state index is 0.769. The van der Waals surface area contributed by atoms with Crippen LogP contribution >= 0.6 is 22.6 Å². The van der Waals surface area contributed by atoms with Crippen LogP contribution in [0.2, 0.25) is 0 Å². The van der Waals surface area contributed by atoms with E-state index in [0.717, 1.165) is 25.4 Å². The molecule has 0 bridgehead atoms. The summed E-state index contributed by atoms with van der Waals surface area (Å²) < 4.78 is 8.30. The van der Waals surface area contributed by atoms with E-state index in [4.69, 9.17) is 4.42 Å². The summed E-state index contributed by atoms with van der Waals surface area (Å²) in [6.45, 7) is 2.54. The number of hydrogen-bond donors (Lipinski definition) is 1. The average molecular weight is 317 g/mol. The van der Waals surface area contributed by atoms with Crippen molar-refractivity contribution in [1.82, 2.24) is 15.1 Å². The van der Waals surface area contributed by atoms with Gasteiger partial charge < -0.3 is 9.73 Å². The number of halogens is 1. The third kappa shape index (κ3) is 3.35. The molecule has 2 aromatic heterocycles. The Morgan fingerprint density at radius 1 is 1.53 bits per heavy atom. The summed E-state index contributed by atoms with van der Waals surface area (Å²) >= 11 is 2.25. The first-order valence-electron chi connectivity index (χ1n) is 4.75. The molecule has 5 heteroatoms. The van der Waals surface area contributed by atoms with E-state index < -0.39 is 0 Å². The van der Waals surface area contributed by atoms with Crippen LogP contribution in [-0.2, 0) is 13.1 Å². The van der Waals surface area contributed by atoms with Gasteiger partial charge in [0.2, 0.25) is 0 Å². The van der Waals surface area contributed by atoms with Crippen molar-refractivity contribution in [2.45, 2.75) is 13.1 Å². The lowest BCUT2D eigenvalue weighted by atomic mass is 10.4. The highest BCUT2D eigenvalue weighted by Crippen LogP contribution is 2.01. The van der Waals surface area contributed by atoms with Gasteiger partial charge in [0.25, 0.3) is 0 Å². The van der Waals surface area contributed by atoms with Gasteiger partial charge in [0.1, 0.15) is 5.76 Å². The van der Waals surface area contributed by atoms with E-state index in [-0.39, 0.29) is 0 Å². The molecule has 15 heavy (non-hydrogen) atoms. The largest absolute Gasteiger partial charge is 0.468 e. The smallest absolute Gasteiger partial charge is 0.117 e. The number of hydrogen-bond acceptors (Lipinski definition) is 3. The molecule has 0 radical (unpaired) electrons. The van der Waals surface area contributed by atoms with E-state index in [1.54, 1.807) is 6.26 Å². The highest BCUT2D eigenvalue weighted by molar-refractivity contribution is 14.1. The van der Waals surface area contributed by atoms with Crippen LogP contribution in [0.1, 0.15) is 5.76 Å². The number of nitrogens with one attached hydrogen (secondary N) is 1. The fourth-order valence-corrected chi connectivity index (χ4v) is 1.73. The zero-order valence-corrected chi connectivity index (χ0v) is 10.3. The molecule has 2 rings (SSSR count). The van der Waals surface area contributed by atoms with Crippen LogP contribution in [0.15, 0.2) is 35.2 Å². The van der Waals surface area contributed by atoms with E-state index in [2.05, 4.69) is 33.0 Å². The molecule has 0 fully saturated rings. The van der Waals surface area contributed by atoms with E-state index in [1.807, 2.05) is 29.2 Å². The van der Waals surface area contributed by atoms with Crippen molar-refractivity contribution in [2.24, 2.45) is 0 Å². The summed E-state index contributed by atoms with van der Waals surface area (Å²) in [5.41, 5.74) is 0. The van der Waals surface area contributed by atoms with Crippen molar-refractivity contribution < 1.29 is 4.42 Å². The molecule has 0 aliphatic rings. The molecule has 80 valence electrons. The van der Waals surface area contributed by atoms with Gasteiger partial charge in [-0.2, -0.15) is 5.10 Å².